The van der Waals surface area contributed by atoms with E-state index in [1.165, 1.54) is 19.2 Å². The van der Waals surface area contributed by atoms with Crippen molar-refractivity contribution in [2.45, 2.75) is 6.92 Å². The molecule has 8 heteroatoms. The van der Waals surface area contributed by atoms with Crippen molar-refractivity contribution >= 4 is 34.9 Å². The summed E-state index contributed by atoms with van der Waals surface area (Å²) in [6.07, 6.45) is 1.44. The monoisotopic (exact) mass is 389 g/mol. The summed E-state index contributed by atoms with van der Waals surface area (Å²) in [6.45, 7) is 3.52. The van der Waals surface area contributed by atoms with E-state index in [0.717, 1.165) is 5.69 Å². The second-order valence-electron chi connectivity index (χ2n) is 6.28. The molecule has 1 aliphatic rings. The topological polar surface area (TPSA) is 82.7 Å². The first-order valence-corrected chi connectivity index (χ1v) is 8.96. The summed E-state index contributed by atoms with van der Waals surface area (Å²) in [7, 11) is 0. The number of carbonyl (C=O) groups excluding carboxylic acids is 3. The molecule has 1 N–H and O–H groups in total. The first kappa shape index (κ1) is 19.0. The van der Waals surface area contributed by atoms with E-state index >= 15 is 0 Å². The van der Waals surface area contributed by atoms with Crippen LogP contribution in [-0.2, 0) is 9.53 Å². The highest BCUT2D eigenvalue weighted by molar-refractivity contribution is 6.30. The van der Waals surface area contributed by atoms with E-state index in [1.54, 1.807) is 4.90 Å². The van der Waals surface area contributed by atoms with Crippen molar-refractivity contribution in [3.05, 3.63) is 52.8 Å². The average Bonchev–Trinajstić information content (AvgIpc) is 3.17. The standard InChI is InChI=1S/C19H20ClN3O4/c1-13(24)14-9-17(21-11-14)19(26)27-12-18(25)23-7-5-22(6-8-23)16-4-2-3-15(20)10-16/h2-4,9-11,21H,5-8,12H2,1H3. The first-order valence-electron chi connectivity index (χ1n) is 8.59. The smallest absolute Gasteiger partial charge is 0.355 e. The number of ether oxygens (including phenoxy) is 1. The van der Waals surface area contributed by atoms with Crippen LogP contribution in [0.25, 0.3) is 0 Å². The average molecular weight is 390 g/mol. The molecule has 142 valence electrons. The van der Waals surface area contributed by atoms with Gasteiger partial charge in [-0.25, -0.2) is 4.79 Å². The number of nitrogens with one attached hydrogen (secondary N) is 1. The highest BCUT2D eigenvalue weighted by Crippen LogP contribution is 2.20. The van der Waals surface area contributed by atoms with Gasteiger partial charge in [0.1, 0.15) is 5.69 Å². The van der Waals surface area contributed by atoms with Gasteiger partial charge < -0.3 is 19.5 Å². The van der Waals surface area contributed by atoms with Crippen LogP contribution in [0.4, 0.5) is 5.69 Å². The number of carbonyl (C=O) groups is 3. The molecule has 27 heavy (non-hydrogen) atoms. The summed E-state index contributed by atoms with van der Waals surface area (Å²) in [5, 5.41) is 0.676. The Morgan fingerprint density at radius 2 is 1.89 bits per heavy atom. The zero-order valence-electron chi connectivity index (χ0n) is 14.9. The van der Waals surface area contributed by atoms with Crippen LogP contribution in [0.15, 0.2) is 36.5 Å². The number of hydrogen-bond acceptors (Lipinski definition) is 5. The third kappa shape index (κ3) is 4.68. The van der Waals surface area contributed by atoms with Gasteiger partial charge in [-0.3, -0.25) is 9.59 Å². The number of nitrogens with zero attached hydrogens (tertiary/aromatic N) is 2. The number of rotatable bonds is 5. The molecule has 0 radical (unpaired) electrons. The lowest BCUT2D eigenvalue weighted by molar-refractivity contribution is -0.134. The Morgan fingerprint density at radius 1 is 1.15 bits per heavy atom. The molecule has 7 nitrogen and oxygen atoms in total. The number of H-pyrrole nitrogens is 1. The number of piperazine rings is 1. The van der Waals surface area contributed by atoms with E-state index in [0.29, 0.717) is 36.8 Å². The van der Waals surface area contributed by atoms with Crippen LogP contribution in [0.2, 0.25) is 5.02 Å². The van der Waals surface area contributed by atoms with E-state index in [9.17, 15) is 14.4 Å². The number of Topliss-reactive ketones (excluding diaryl/α,β-unsaturated/α-hetero) is 1. The largest absolute Gasteiger partial charge is 0.451 e. The lowest BCUT2D eigenvalue weighted by Gasteiger charge is -2.36. The van der Waals surface area contributed by atoms with Gasteiger partial charge in [-0.05, 0) is 31.2 Å². The number of anilines is 1. The second-order valence-corrected chi connectivity index (χ2v) is 6.72. The van der Waals surface area contributed by atoms with Crippen molar-refractivity contribution in [2.75, 3.05) is 37.7 Å². The number of amides is 1. The number of esters is 1. The van der Waals surface area contributed by atoms with Crippen molar-refractivity contribution in [1.82, 2.24) is 9.88 Å². The van der Waals surface area contributed by atoms with Crippen molar-refractivity contribution in [3.63, 3.8) is 0 Å². The van der Waals surface area contributed by atoms with Gasteiger partial charge in [-0.15, -0.1) is 0 Å². The van der Waals surface area contributed by atoms with E-state index in [-0.39, 0.29) is 24.0 Å². The molecule has 0 spiro atoms. The summed E-state index contributed by atoms with van der Waals surface area (Å²) in [5.74, 6) is -1.06. The van der Waals surface area contributed by atoms with Crippen LogP contribution >= 0.6 is 11.6 Å². The molecular weight excluding hydrogens is 370 g/mol. The number of ketones is 1. The molecule has 3 rings (SSSR count). The molecular formula is C19H20ClN3O4. The number of aromatic nitrogens is 1. The SMILES string of the molecule is CC(=O)c1c[nH]c(C(=O)OCC(=O)N2CCN(c3cccc(Cl)c3)CC2)c1. The van der Waals surface area contributed by atoms with Gasteiger partial charge in [-0.2, -0.15) is 0 Å². The van der Waals surface area contributed by atoms with E-state index in [4.69, 9.17) is 16.3 Å². The highest BCUT2D eigenvalue weighted by atomic mass is 35.5. The van der Waals surface area contributed by atoms with E-state index in [1.807, 2.05) is 24.3 Å². The molecule has 2 aromatic rings. The fourth-order valence-electron chi connectivity index (χ4n) is 2.90. The molecule has 0 bridgehead atoms. The van der Waals surface area contributed by atoms with Crippen LogP contribution in [0, 0.1) is 0 Å². The Hall–Kier alpha value is -2.80. The summed E-state index contributed by atoms with van der Waals surface area (Å²) in [4.78, 5) is 42.0. The maximum Gasteiger partial charge on any atom is 0.355 e. The van der Waals surface area contributed by atoms with Crippen molar-refractivity contribution in [1.29, 1.82) is 0 Å². The fraction of sp³-hybridized carbons (Fsp3) is 0.316. The minimum absolute atomic E-state index is 0.152. The van der Waals surface area contributed by atoms with Crippen LogP contribution in [0.3, 0.4) is 0 Å². The third-order valence-corrected chi connectivity index (χ3v) is 4.68. The Balaban J connectivity index is 1.48. The zero-order valence-corrected chi connectivity index (χ0v) is 15.7. The molecule has 0 aliphatic carbocycles. The van der Waals surface area contributed by atoms with Gasteiger partial charge in [0.25, 0.3) is 5.91 Å². The molecule has 1 fully saturated rings. The maximum absolute atomic E-state index is 12.3. The van der Waals surface area contributed by atoms with Gasteiger partial charge in [0.2, 0.25) is 0 Å². The molecule has 1 saturated heterocycles. The fourth-order valence-corrected chi connectivity index (χ4v) is 3.08. The molecule has 2 heterocycles. The molecule has 0 saturated carbocycles. The second kappa shape index (κ2) is 8.26. The molecule has 0 unspecified atom stereocenters. The Kier molecular flexibility index (Phi) is 5.81. The van der Waals surface area contributed by atoms with Gasteiger partial charge in [0, 0.05) is 48.6 Å². The van der Waals surface area contributed by atoms with Gasteiger partial charge in [0.15, 0.2) is 12.4 Å². The number of benzene rings is 1. The van der Waals surface area contributed by atoms with Crippen molar-refractivity contribution in [3.8, 4) is 0 Å². The van der Waals surface area contributed by atoms with Gasteiger partial charge in [-0.1, -0.05) is 17.7 Å². The predicted octanol–water partition coefficient (Wildman–Crippen LogP) is 2.38. The van der Waals surface area contributed by atoms with Crippen molar-refractivity contribution < 1.29 is 19.1 Å². The maximum atomic E-state index is 12.3. The molecule has 1 aromatic carbocycles. The van der Waals surface area contributed by atoms with Gasteiger partial charge >= 0.3 is 5.97 Å². The van der Waals surface area contributed by atoms with Gasteiger partial charge in [0.05, 0.1) is 0 Å². The lowest BCUT2D eigenvalue weighted by Crippen LogP contribution is -2.49. The highest BCUT2D eigenvalue weighted by Gasteiger charge is 2.23. The Bertz CT molecular complexity index is 856. The van der Waals surface area contributed by atoms with Crippen LogP contribution in [0.5, 0.6) is 0 Å². The summed E-state index contributed by atoms with van der Waals surface area (Å²) in [6, 6.07) is 9.01. The Morgan fingerprint density at radius 3 is 2.52 bits per heavy atom. The van der Waals surface area contributed by atoms with Crippen LogP contribution in [0.1, 0.15) is 27.8 Å². The predicted molar refractivity (Wildman–Crippen MR) is 101 cm³/mol. The molecule has 1 amide bonds. The van der Waals surface area contributed by atoms with Crippen LogP contribution in [-0.4, -0.2) is 60.3 Å². The number of halogens is 1. The minimum Gasteiger partial charge on any atom is -0.451 e. The molecule has 0 atom stereocenters. The summed E-state index contributed by atoms with van der Waals surface area (Å²) in [5.41, 5.74) is 1.57. The normalized spacial score (nSPS) is 14.1. The van der Waals surface area contributed by atoms with E-state index in [2.05, 4.69) is 9.88 Å². The van der Waals surface area contributed by atoms with Crippen LogP contribution < -0.4 is 4.90 Å². The quantitative estimate of drug-likeness (QED) is 0.627. The van der Waals surface area contributed by atoms with E-state index < -0.39 is 5.97 Å². The first-order chi connectivity index (χ1) is 12.9. The molecule has 1 aromatic heterocycles. The summed E-state index contributed by atoms with van der Waals surface area (Å²) < 4.78 is 5.06. The zero-order chi connectivity index (χ0) is 19.4. The minimum atomic E-state index is -0.659. The lowest BCUT2D eigenvalue weighted by atomic mass is 10.2. The summed E-state index contributed by atoms with van der Waals surface area (Å²) >= 11 is 6.02. The third-order valence-electron chi connectivity index (χ3n) is 4.44. The number of aromatic amines is 1. The van der Waals surface area contributed by atoms with Crippen molar-refractivity contribution in [2.24, 2.45) is 0 Å². The number of hydrogen-bond donors (Lipinski definition) is 1. The Labute approximate surface area is 161 Å². The molecule has 1 aliphatic heterocycles.